The zero-order valence-electron chi connectivity index (χ0n) is 11.3. The summed E-state index contributed by atoms with van der Waals surface area (Å²) in [6.45, 7) is 8.71. The molecule has 0 atom stereocenters. The summed E-state index contributed by atoms with van der Waals surface area (Å²) in [7, 11) is 3.30. The molecule has 4 heteroatoms. The molecule has 0 heterocycles. The first-order valence-corrected chi connectivity index (χ1v) is 5.96. The molecule has 0 aromatic heterocycles. The molecule has 0 radical (unpaired) electrons. The minimum absolute atomic E-state index is 0.653. The molecule has 0 aromatic carbocycles. The van der Waals surface area contributed by atoms with Gasteiger partial charge in [-0.2, -0.15) is 0 Å². The fourth-order valence-corrected chi connectivity index (χ4v) is 0.777. The van der Waals surface area contributed by atoms with E-state index in [1.165, 1.54) is 0 Å². The van der Waals surface area contributed by atoms with Crippen molar-refractivity contribution in [3.05, 3.63) is 0 Å². The first kappa shape index (κ1) is 18.2. The lowest BCUT2D eigenvalue weighted by Gasteiger charge is -2.00. The second kappa shape index (κ2) is 20.3. The van der Waals surface area contributed by atoms with E-state index >= 15 is 0 Å². The Kier molecular flexibility index (Phi) is 23.1. The molecule has 0 spiro atoms. The van der Waals surface area contributed by atoms with Crippen LogP contribution >= 0.6 is 0 Å². The summed E-state index contributed by atoms with van der Waals surface area (Å²) in [5, 5.41) is 0. The lowest BCUT2D eigenvalue weighted by atomic mass is 10.5. The summed E-state index contributed by atoms with van der Waals surface area (Å²) < 4.78 is 19.7. The minimum atomic E-state index is 0.653. The van der Waals surface area contributed by atoms with Gasteiger partial charge in [0.1, 0.15) is 0 Å². The lowest BCUT2D eigenvalue weighted by molar-refractivity contribution is 0.0385. The smallest absolute Gasteiger partial charge is 0.0701 e. The molecule has 0 amide bonds. The normalized spacial score (nSPS) is 9.75. The van der Waals surface area contributed by atoms with Crippen LogP contribution in [0, 0.1) is 0 Å². The van der Waals surface area contributed by atoms with Gasteiger partial charge in [0.15, 0.2) is 0 Å². The molecular weight excluding hydrogens is 208 g/mol. The van der Waals surface area contributed by atoms with E-state index < -0.39 is 0 Å². The van der Waals surface area contributed by atoms with E-state index in [9.17, 15) is 0 Å². The average Bonchev–Trinajstić information content (AvgIpc) is 2.31. The maximum Gasteiger partial charge on any atom is 0.0701 e. The summed E-state index contributed by atoms with van der Waals surface area (Å²) in [4.78, 5) is 0. The van der Waals surface area contributed by atoms with Gasteiger partial charge in [-0.1, -0.05) is 13.8 Å². The maximum absolute atomic E-state index is 5.13. The Hall–Kier alpha value is -0.160. The molecule has 0 aliphatic rings. The van der Waals surface area contributed by atoms with Crippen LogP contribution in [0.15, 0.2) is 0 Å². The Balaban J connectivity index is 0. The van der Waals surface area contributed by atoms with Gasteiger partial charge in [0.2, 0.25) is 0 Å². The minimum Gasteiger partial charge on any atom is -0.382 e. The lowest BCUT2D eigenvalue weighted by Crippen LogP contribution is -2.06. The molecule has 0 aliphatic heterocycles. The zero-order chi connectivity index (χ0) is 12.5. The third-order valence-corrected chi connectivity index (χ3v) is 1.56. The van der Waals surface area contributed by atoms with Gasteiger partial charge in [0, 0.05) is 27.4 Å². The largest absolute Gasteiger partial charge is 0.382 e. The van der Waals surface area contributed by atoms with Crippen molar-refractivity contribution in [3.8, 4) is 0 Å². The molecule has 0 aliphatic carbocycles. The summed E-state index contributed by atoms with van der Waals surface area (Å²) in [5.74, 6) is 0. The Morgan fingerprint density at radius 2 is 0.938 bits per heavy atom. The number of hydrogen-bond acceptors (Lipinski definition) is 4. The Bertz CT molecular complexity index is 89.0. The van der Waals surface area contributed by atoms with Gasteiger partial charge in [0.25, 0.3) is 0 Å². The zero-order valence-corrected chi connectivity index (χ0v) is 11.3. The van der Waals surface area contributed by atoms with E-state index in [2.05, 4.69) is 13.8 Å². The topological polar surface area (TPSA) is 36.9 Å². The predicted molar refractivity (Wildman–Crippen MR) is 66.0 cm³/mol. The number of ether oxygens (including phenoxy) is 4. The molecule has 16 heavy (non-hydrogen) atoms. The molecule has 0 rings (SSSR count). The standard InChI is InChI=1S/C6H14O3.C6H14O/c1-7-3-5-9-6-4-8-2;1-3-5-7-6-4-2/h3-6H2,1-2H3;3-6H2,1-2H3. The van der Waals surface area contributed by atoms with E-state index in [4.69, 9.17) is 18.9 Å². The number of methoxy groups -OCH3 is 2. The van der Waals surface area contributed by atoms with Gasteiger partial charge < -0.3 is 18.9 Å². The molecule has 0 N–H and O–H groups in total. The van der Waals surface area contributed by atoms with Crippen LogP contribution in [0.3, 0.4) is 0 Å². The predicted octanol–water partition coefficient (Wildman–Crippen LogP) is 2.12. The molecule has 0 unspecified atom stereocenters. The van der Waals surface area contributed by atoms with Crippen molar-refractivity contribution < 1.29 is 18.9 Å². The molecule has 4 nitrogen and oxygen atoms in total. The van der Waals surface area contributed by atoms with Crippen LogP contribution in [0.2, 0.25) is 0 Å². The Morgan fingerprint density at radius 3 is 1.25 bits per heavy atom. The van der Waals surface area contributed by atoms with Crippen LogP contribution in [0.1, 0.15) is 26.7 Å². The van der Waals surface area contributed by atoms with E-state index in [0.717, 1.165) is 26.1 Å². The molecular formula is C12H28O4. The van der Waals surface area contributed by atoms with Crippen LogP contribution in [0.4, 0.5) is 0 Å². The van der Waals surface area contributed by atoms with Crippen molar-refractivity contribution in [1.82, 2.24) is 0 Å². The van der Waals surface area contributed by atoms with Crippen molar-refractivity contribution >= 4 is 0 Å². The van der Waals surface area contributed by atoms with Gasteiger partial charge in [0.05, 0.1) is 26.4 Å². The maximum atomic E-state index is 5.13. The van der Waals surface area contributed by atoms with Crippen molar-refractivity contribution in [2.24, 2.45) is 0 Å². The number of hydrogen-bond donors (Lipinski definition) is 0. The Morgan fingerprint density at radius 1 is 0.562 bits per heavy atom. The van der Waals surface area contributed by atoms with E-state index in [1.807, 2.05) is 0 Å². The third kappa shape index (κ3) is 23.6. The highest BCUT2D eigenvalue weighted by Gasteiger charge is 1.84. The van der Waals surface area contributed by atoms with E-state index in [-0.39, 0.29) is 0 Å². The van der Waals surface area contributed by atoms with E-state index in [1.54, 1.807) is 14.2 Å². The summed E-state index contributed by atoms with van der Waals surface area (Å²) in [6.07, 6.45) is 2.28. The van der Waals surface area contributed by atoms with Crippen LogP contribution in [-0.2, 0) is 18.9 Å². The van der Waals surface area contributed by atoms with Crippen molar-refractivity contribution in [2.75, 3.05) is 53.9 Å². The second-order valence-electron chi connectivity index (χ2n) is 3.21. The summed E-state index contributed by atoms with van der Waals surface area (Å²) in [5.41, 5.74) is 0. The SMILES string of the molecule is CCCOCCC.COCCOCCOC. The average molecular weight is 236 g/mol. The first-order chi connectivity index (χ1) is 7.83. The second-order valence-corrected chi connectivity index (χ2v) is 3.21. The van der Waals surface area contributed by atoms with E-state index in [0.29, 0.717) is 26.4 Å². The third-order valence-electron chi connectivity index (χ3n) is 1.56. The van der Waals surface area contributed by atoms with Gasteiger partial charge in [-0.15, -0.1) is 0 Å². The molecule has 100 valence electrons. The Labute approximate surface area is 100 Å². The van der Waals surface area contributed by atoms with Crippen molar-refractivity contribution in [2.45, 2.75) is 26.7 Å². The molecule has 0 bridgehead atoms. The van der Waals surface area contributed by atoms with Gasteiger partial charge in [-0.05, 0) is 12.8 Å². The van der Waals surface area contributed by atoms with Crippen molar-refractivity contribution in [3.63, 3.8) is 0 Å². The summed E-state index contributed by atoms with van der Waals surface area (Å²) >= 11 is 0. The molecule has 0 fully saturated rings. The fraction of sp³-hybridized carbons (Fsp3) is 1.00. The number of rotatable bonds is 10. The van der Waals surface area contributed by atoms with Crippen LogP contribution in [0.25, 0.3) is 0 Å². The highest BCUT2D eigenvalue weighted by atomic mass is 16.5. The first-order valence-electron chi connectivity index (χ1n) is 5.96. The fourth-order valence-electron chi connectivity index (χ4n) is 0.777. The van der Waals surface area contributed by atoms with Crippen LogP contribution in [0.5, 0.6) is 0 Å². The highest BCUT2D eigenvalue weighted by Crippen LogP contribution is 1.81. The van der Waals surface area contributed by atoms with Gasteiger partial charge in [-0.25, -0.2) is 0 Å². The monoisotopic (exact) mass is 236 g/mol. The quantitative estimate of drug-likeness (QED) is 0.544. The highest BCUT2D eigenvalue weighted by molar-refractivity contribution is 4.28. The van der Waals surface area contributed by atoms with Gasteiger partial charge >= 0.3 is 0 Å². The summed E-state index contributed by atoms with van der Waals surface area (Å²) in [6, 6.07) is 0. The van der Waals surface area contributed by atoms with Gasteiger partial charge in [-0.3, -0.25) is 0 Å². The molecule has 0 saturated carbocycles. The van der Waals surface area contributed by atoms with Crippen LogP contribution < -0.4 is 0 Å². The molecule has 0 aromatic rings. The van der Waals surface area contributed by atoms with Crippen molar-refractivity contribution in [1.29, 1.82) is 0 Å². The van der Waals surface area contributed by atoms with Crippen LogP contribution in [-0.4, -0.2) is 53.9 Å². The molecule has 0 saturated heterocycles.